The lowest BCUT2D eigenvalue weighted by atomic mass is 10.1. The van der Waals surface area contributed by atoms with Crippen molar-refractivity contribution in [3.63, 3.8) is 0 Å². The van der Waals surface area contributed by atoms with Crippen molar-refractivity contribution in [1.29, 1.82) is 0 Å². The summed E-state index contributed by atoms with van der Waals surface area (Å²) in [6.07, 6.45) is 2.64. The molecule has 0 saturated carbocycles. The van der Waals surface area contributed by atoms with Gasteiger partial charge in [-0.2, -0.15) is 0 Å². The van der Waals surface area contributed by atoms with E-state index in [2.05, 4.69) is 57.2 Å². The molecule has 5 heteroatoms. The minimum Gasteiger partial charge on any atom is -0.370 e. The van der Waals surface area contributed by atoms with Gasteiger partial charge in [0.2, 0.25) is 0 Å². The summed E-state index contributed by atoms with van der Waals surface area (Å²) in [7, 11) is 0. The van der Waals surface area contributed by atoms with Crippen LogP contribution in [-0.4, -0.2) is 16.5 Å². The Hall–Kier alpha value is -0.940. The predicted molar refractivity (Wildman–Crippen MR) is 80.3 cm³/mol. The second-order valence-electron chi connectivity index (χ2n) is 4.37. The van der Waals surface area contributed by atoms with Crippen molar-refractivity contribution in [1.82, 2.24) is 9.97 Å². The summed E-state index contributed by atoms with van der Waals surface area (Å²) in [5.41, 5.74) is 1.08. The number of nitrogens with one attached hydrogen (secondary N) is 1. The molecular formula is C13H16BrN3S. The summed E-state index contributed by atoms with van der Waals surface area (Å²) in [6.45, 7) is 5.16. The highest BCUT2D eigenvalue weighted by atomic mass is 79.9. The molecule has 2 heterocycles. The normalized spacial score (nSPS) is 10.9. The number of rotatable bonds is 5. The van der Waals surface area contributed by atoms with E-state index in [1.807, 2.05) is 6.07 Å². The van der Waals surface area contributed by atoms with Crippen LogP contribution in [0.3, 0.4) is 0 Å². The molecule has 0 amide bonds. The number of halogens is 1. The molecular weight excluding hydrogens is 310 g/mol. The molecule has 0 spiro atoms. The van der Waals surface area contributed by atoms with Crippen molar-refractivity contribution < 1.29 is 0 Å². The summed E-state index contributed by atoms with van der Waals surface area (Å²) < 4.78 is 1.18. The number of nitrogens with zero attached hydrogens (tertiary/aromatic N) is 2. The molecule has 0 saturated heterocycles. The Morgan fingerprint density at radius 1 is 1.33 bits per heavy atom. The van der Waals surface area contributed by atoms with E-state index in [1.54, 1.807) is 17.7 Å². The molecule has 18 heavy (non-hydrogen) atoms. The van der Waals surface area contributed by atoms with E-state index in [0.29, 0.717) is 5.92 Å². The standard InChI is InChI=1S/C13H16BrN3S/c1-9(2)11-7-13(17-8-16-11)15-6-5-10-3-4-12(14)18-10/h3-4,7-9H,5-6H2,1-2H3,(H,15,16,17). The maximum atomic E-state index is 4.25. The van der Waals surface area contributed by atoms with Gasteiger partial charge in [0, 0.05) is 23.2 Å². The Labute approximate surface area is 120 Å². The number of anilines is 1. The van der Waals surface area contributed by atoms with Gasteiger partial charge in [-0.1, -0.05) is 13.8 Å². The third kappa shape index (κ3) is 3.78. The molecule has 0 aromatic carbocycles. The Balaban J connectivity index is 1.88. The first kappa shape index (κ1) is 13.5. The first-order valence-electron chi connectivity index (χ1n) is 5.95. The van der Waals surface area contributed by atoms with Gasteiger partial charge in [0.05, 0.1) is 3.79 Å². The maximum absolute atomic E-state index is 4.25. The average Bonchev–Trinajstić information content (AvgIpc) is 2.75. The fraction of sp³-hybridized carbons (Fsp3) is 0.385. The van der Waals surface area contributed by atoms with Crippen molar-refractivity contribution >= 4 is 33.1 Å². The molecule has 0 fully saturated rings. The minimum atomic E-state index is 0.432. The Morgan fingerprint density at radius 2 is 2.17 bits per heavy atom. The van der Waals surface area contributed by atoms with E-state index in [0.717, 1.165) is 24.5 Å². The van der Waals surface area contributed by atoms with E-state index < -0.39 is 0 Å². The Bertz CT molecular complexity index is 510. The van der Waals surface area contributed by atoms with Crippen LogP contribution in [0.5, 0.6) is 0 Å². The Kier molecular flexibility index (Phi) is 4.72. The van der Waals surface area contributed by atoms with Crippen LogP contribution in [0.4, 0.5) is 5.82 Å². The van der Waals surface area contributed by atoms with Gasteiger partial charge in [-0.3, -0.25) is 0 Å². The summed E-state index contributed by atoms with van der Waals surface area (Å²) in [5.74, 6) is 1.34. The van der Waals surface area contributed by atoms with Gasteiger partial charge in [-0.25, -0.2) is 9.97 Å². The van der Waals surface area contributed by atoms with Gasteiger partial charge in [0.15, 0.2) is 0 Å². The molecule has 0 aliphatic rings. The third-order valence-electron chi connectivity index (χ3n) is 2.59. The lowest BCUT2D eigenvalue weighted by Crippen LogP contribution is -2.06. The van der Waals surface area contributed by atoms with Gasteiger partial charge in [0.25, 0.3) is 0 Å². The number of hydrogen-bond donors (Lipinski definition) is 1. The SMILES string of the molecule is CC(C)c1cc(NCCc2ccc(Br)s2)ncn1. The van der Waals surface area contributed by atoms with Crippen molar-refractivity contribution in [3.05, 3.63) is 38.9 Å². The highest BCUT2D eigenvalue weighted by Crippen LogP contribution is 2.22. The molecule has 0 radical (unpaired) electrons. The largest absolute Gasteiger partial charge is 0.370 e. The Morgan fingerprint density at radius 3 is 2.83 bits per heavy atom. The maximum Gasteiger partial charge on any atom is 0.129 e. The zero-order valence-electron chi connectivity index (χ0n) is 10.5. The molecule has 0 aliphatic heterocycles. The quantitative estimate of drug-likeness (QED) is 0.900. The van der Waals surface area contributed by atoms with Crippen molar-refractivity contribution in [2.45, 2.75) is 26.2 Å². The van der Waals surface area contributed by atoms with Crippen LogP contribution in [0.25, 0.3) is 0 Å². The van der Waals surface area contributed by atoms with E-state index in [4.69, 9.17) is 0 Å². The summed E-state index contributed by atoms with van der Waals surface area (Å²) in [4.78, 5) is 9.85. The lowest BCUT2D eigenvalue weighted by molar-refractivity contribution is 0.813. The molecule has 2 rings (SSSR count). The van der Waals surface area contributed by atoms with E-state index in [-0.39, 0.29) is 0 Å². The fourth-order valence-electron chi connectivity index (χ4n) is 1.58. The van der Waals surface area contributed by atoms with Crippen LogP contribution in [0.1, 0.15) is 30.3 Å². The fourth-order valence-corrected chi connectivity index (χ4v) is 3.07. The zero-order chi connectivity index (χ0) is 13.0. The average molecular weight is 326 g/mol. The van der Waals surface area contributed by atoms with Gasteiger partial charge < -0.3 is 5.32 Å². The molecule has 0 aliphatic carbocycles. The molecule has 96 valence electrons. The third-order valence-corrected chi connectivity index (χ3v) is 4.27. The van der Waals surface area contributed by atoms with Crippen LogP contribution < -0.4 is 5.32 Å². The summed E-state index contributed by atoms with van der Waals surface area (Å²) in [6, 6.07) is 6.26. The predicted octanol–water partition coefficient (Wildman–Crippen LogP) is 4.08. The molecule has 2 aromatic rings. The molecule has 2 aromatic heterocycles. The van der Waals surface area contributed by atoms with E-state index in [1.165, 1.54) is 8.66 Å². The molecule has 0 atom stereocenters. The number of hydrogen-bond acceptors (Lipinski definition) is 4. The van der Waals surface area contributed by atoms with E-state index in [9.17, 15) is 0 Å². The van der Waals surface area contributed by atoms with E-state index >= 15 is 0 Å². The first-order chi connectivity index (χ1) is 8.65. The lowest BCUT2D eigenvalue weighted by Gasteiger charge is -2.07. The highest BCUT2D eigenvalue weighted by molar-refractivity contribution is 9.11. The number of aromatic nitrogens is 2. The minimum absolute atomic E-state index is 0.432. The topological polar surface area (TPSA) is 37.8 Å². The van der Waals surface area contributed by atoms with Crippen molar-refractivity contribution in [2.75, 3.05) is 11.9 Å². The van der Waals surface area contributed by atoms with Gasteiger partial charge in [-0.05, 0) is 40.4 Å². The second kappa shape index (κ2) is 6.29. The number of thiophene rings is 1. The summed E-state index contributed by atoms with van der Waals surface area (Å²) in [5, 5.41) is 3.34. The van der Waals surface area contributed by atoms with Crippen LogP contribution >= 0.6 is 27.3 Å². The van der Waals surface area contributed by atoms with Crippen LogP contribution in [0.2, 0.25) is 0 Å². The highest BCUT2D eigenvalue weighted by Gasteiger charge is 2.03. The van der Waals surface area contributed by atoms with Gasteiger partial charge in [-0.15, -0.1) is 11.3 Å². The van der Waals surface area contributed by atoms with Crippen molar-refractivity contribution in [2.24, 2.45) is 0 Å². The monoisotopic (exact) mass is 325 g/mol. The van der Waals surface area contributed by atoms with Crippen molar-refractivity contribution in [3.8, 4) is 0 Å². The zero-order valence-corrected chi connectivity index (χ0v) is 12.9. The first-order valence-corrected chi connectivity index (χ1v) is 7.56. The molecule has 1 N–H and O–H groups in total. The van der Waals surface area contributed by atoms with Crippen LogP contribution in [0.15, 0.2) is 28.3 Å². The van der Waals surface area contributed by atoms with Gasteiger partial charge >= 0.3 is 0 Å². The van der Waals surface area contributed by atoms with Crippen LogP contribution in [0, 0.1) is 0 Å². The summed E-state index contributed by atoms with van der Waals surface area (Å²) >= 11 is 5.25. The molecule has 0 unspecified atom stereocenters. The van der Waals surface area contributed by atoms with Gasteiger partial charge in [0.1, 0.15) is 12.1 Å². The molecule has 0 bridgehead atoms. The van der Waals surface area contributed by atoms with Crippen LogP contribution in [-0.2, 0) is 6.42 Å². The second-order valence-corrected chi connectivity index (χ2v) is 6.91. The smallest absolute Gasteiger partial charge is 0.129 e. The molecule has 3 nitrogen and oxygen atoms in total.